The molecule has 0 aromatic carbocycles. The summed E-state index contributed by atoms with van der Waals surface area (Å²) in [5.41, 5.74) is 0. The van der Waals surface area contributed by atoms with Crippen LogP contribution in [0.4, 0.5) is 0 Å². The molecule has 0 heterocycles. The van der Waals surface area contributed by atoms with Gasteiger partial charge in [0.25, 0.3) is 0 Å². The van der Waals surface area contributed by atoms with E-state index in [1.54, 1.807) is 0 Å². The van der Waals surface area contributed by atoms with Crippen molar-refractivity contribution in [2.75, 3.05) is 0 Å². The summed E-state index contributed by atoms with van der Waals surface area (Å²) in [4.78, 5) is 0. The Balaban J connectivity index is 0. The van der Waals surface area contributed by atoms with Crippen LogP contribution >= 0.6 is 0 Å². The van der Waals surface area contributed by atoms with Crippen LogP contribution in [0.3, 0.4) is 0 Å². The fraction of sp³-hybridized carbons (Fsp3) is 0. The van der Waals surface area contributed by atoms with E-state index in [9.17, 15) is 0 Å². The van der Waals surface area contributed by atoms with Crippen LogP contribution in [0.15, 0.2) is 0 Å². The summed E-state index contributed by atoms with van der Waals surface area (Å²) in [6.07, 6.45) is 0. The molecule has 0 aliphatic carbocycles. The molecular weight excluding hydrogens is 371 g/mol. The Bertz CT molecular complexity index is 26.5. The first-order valence-electron chi connectivity index (χ1n) is 0. The van der Waals surface area contributed by atoms with E-state index < -0.39 is 0 Å². The zero-order valence-electron chi connectivity index (χ0n) is 5.43. The predicted octanol–water partition coefficient (Wildman–Crippen LogP) is -0.549. The largest absolute Gasteiger partial charge is 2.00 e. The van der Waals surface area contributed by atoms with Crippen molar-refractivity contribution in [2.24, 2.45) is 0 Å². The molecule has 0 N–H and O–H groups in total. The van der Waals surface area contributed by atoms with Crippen LogP contribution in [0.5, 0.6) is 0 Å². The minimum atomic E-state index is 0. The summed E-state index contributed by atoms with van der Waals surface area (Å²) < 4.78 is 0. The molecule has 7 heteroatoms. The van der Waals surface area contributed by atoms with E-state index in [1.165, 1.54) is 0 Å². The van der Waals surface area contributed by atoms with Crippen LogP contribution < -0.4 is 0 Å². The van der Waals surface area contributed by atoms with Crippen molar-refractivity contribution >= 4 is 31.5 Å². The van der Waals surface area contributed by atoms with Gasteiger partial charge in [0.05, 0.1) is 0 Å². The Hall–Kier alpha value is 3.70. The van der Waals surface area contributed by atoms with Gasteiger partial charge in [0.1, 0.15) is 0 Å². The third-order valence-electron chi connectivity index (χ3n) is 0. The van der Waals surface area contributed by atoms with Crippen molar-refractivity contribution in [1.82, 2.24) is 0 Å². The quantitative estimate of drug-likeness (QED) is 0.501. The van der Waals surface area contributed by atoms with Gasteiger partial charge in [-0.05, 0) is 0 Å². The van der Waals surface area contributed by atoms with Gasteiger partial charge in [-0.1, -0.05) is 0 Å². The van der Waals surface area contributed by atoms with Crippen LogP contribution in [-0.4, -0.2) is 31.5 Å². The maximum Gasteiger partial charge on any atom is 2.00 e. The average Bonchev–Trinajstić information content (AvgIpc) is 0. The molecule has 0 aromatic rings. The SMILES string of the molecule is [B].[Cu].[Fe].[H-].[H-].[Mg+2].[Mn].[Mo].[Zn]. The first-order valence-corrected chi connectivity index (χ1v) is 0. The summed E-state index contributed by atoms with van der Waals surface area (Å²) in [5, 5.41) is 0. The normalized spacial score (nSPS) is 0. The second-order valence-corrected chi connectivity index (χ2v) is 0. The van der Waals surface area contributed by atoms with E-state index in [4.69, 9.17) is 0 Å². The standard InChI is InChI=1S/B.Cu.Fe.Mg.Mn.Mo.Zn.2H/q;;;+2;;;;2*-1. The van der Waals surface area contributed by atoms with E-state index >= 15 is 0 Å². The predicted molar refractivity (Wildman–Crippen MR) is 13.7 cm³/mol. The van der Waals surface area contributed by atoms with Gasteiger partial charge in [-0.15, -0.1) is 0 Å². The molecule has 0 bridgehead atoms. The molecule has 41 valence electrons. The van der Waals surface area contributed by atoms with Crippen molar-refractivity contribution in [2.45, 2.75) is 0 Å². The van der Waals surface area contributed by atoms with Crippen molar-refractivity contribution in [3.63, 3.8) is 0 Å². The number of rotatable bonds is 0. The zero-order valence-corrected chi connectivity index (χ0v) is 13.0. The summed E-state index contributed by atoms with van der Waals surface area (Å²) in [7, 11) is 0. The Morgan fingerprint density at radius 1 is 1.14 bits per heavy atom. The fourth-order valence-electron chi connectivity index (χ4n) is 0. The van der Waals surface area contributed by atoms with Gasteiger partial charge in [0.15, 0.2) is 0 Å². The second kappa shape index (κ2) is 53.6. The van der Waals surface area contributed by atoms with Crippen LogP contribution in [0.2, 0.25) is 0 Å². The molecule has 0 saturated carbocycles. The van der Waals surface area contributed by atoms with Gasteiger partial charge in [-0.3, -0.25) is 0 Å². The molecule has 7 heavy (non-hydrogen) atoms. The summed E-state index contributed by atoms with van der Waals surface area (Å²) in [6, 6.07) is 0. The summed E-state index contributed by atoms with van der Waals surface area (Å²) in [6.45, 7) is 0. The Labute approximate surface area is 124 Å². The maximum atomic E-state index is 0. The molecule has 0 spiro atoms. The van der Waals surface area contributed by atoms with E-state index in [2.05, 4.69) is 0 Å². The van der Waals surface area contributed by atoms with Crippen LogP contribution in [0, 0.1) is 0 Å². The maximum absolute atomic E-state index is 0. The van der Waals surface area contributed by atoms with E-state index in [0.29, 0.717) is 0 Å². The van der Waals surface area contributed by atoms with Gasteiger partial charge in [-0.2, -0.15) is 0 Å². The van der Waals surface area contributed by atoms with Gasteiger partial charge in [0, 0.05) is 100 Å². The minimum absolute atomic E-state index is 0. The smallest absolute Gasteiger partial charge is 1.00 e. The molecule has 0 aliphatic rings. The molecular formula is H2BCuFeMgMnMoZn. The molecule has 0 saturated heterocycles. The second-order valence-electron chi connectivity index (χ2n) is 0. The van der Waals surface area contributed by atoms with Crippen LogP contribution in [0.25, 0.3) is 0 Å². The van der Waals surface area contributed by atoms with Crippen molar-refractivity contribution in [1.29, 1.82) is 0 Å². The topological polar surface area (TPSA) is 0 Å². The number of hydrogen-bond acceptors (Lipinski definition) is 0. The molecule has 5 radical (unpaired) electrons. The average molecular weight is 373 g/mol. The molecule has 0 nitrogen and oxygen atoms in total. The van der Waals surface area contributed by atoms with Crippen molar-refractivity contribution in [3.8, 4) is 0 Å². The first kappa shape index (κ1) is 73.5. The van der Waals surface area contributed by atoms with Crippen molar-refractivity contribution < 1.29 is 94.6 Å². The Kier molecular flexibility index (Phi) is 563. The minimum Gasteiger partial charge on any atom is -1.00 e. The third-order valence-corrected chi connectivity index (χ3v) is 0. The van der Waals surface area contributed by atoms with Crippen molar-refractivity contribution in [3.05, 3.63) is 0 Å². The molecule has 0 aliphatic heterocycles. The molecule has 0 amide bonds. The molecule has 0 rings (SSSR count). The van der Waals surface area contributed by atoms with Gasteiger partial charge in [-0.25, -0.2) is 0 Å². The molecule has 0 atom stereocenters. The van der Waals surface area contributed by atoms with E-state index in [-0.39, 0.29) is 126 Å². The summed E-state index contributed by atoms with van der Waals surface area (Å²) in [5.74, 6) is 0. The number of hydrogen-bond donors (Lipinski definition) is 0. The van der Waals surface area contributed by atoms with E-state index in [1.807, 2.05) is 0 Å². The van der Waals surface area contributed by atoms with Crippen LogP contribution in [-0.2, 0) is 91.7 Å². The monoisotopic (exact) mass is 373 g/mol. The fourth-order valence-corrected chi connectivity index (χ4v) is 0. The Morgan fingerprint density at radius 2 is 1.14 bits per heavy atom. The van der Waals surface area contributed by atoms with E-state index in [0.717, 1.165) is 0 Å². The van der Waals surface area contributed by atoms with Gasteiger partial charge in [0.2, 0.25) is 0 Å². The summed E-state index contributed by atoms with van der Waals surface area (Å²) >= 11 is 0. The molecule has 0 fully saturated rings. The Morgan fingerprint density at radius 3 is 1.14 bits per heavy atom. The van der Waals surface area contributed by atoms with Gasteiger partial charge < -0.3 is 2.85 Å². The molecule has 0 unspecified atom stereocenters. The molecule has 0 aromatic heterocycles. The van der Waals surface area contributed by atoms with Crippen LogP contribution in [0.1, 0.15) is 2.85 Å². The first-order chi connectivity index (χ1) is 0. The zero-order chi connectivity index (χ0) is 0. The van der Waals surface area contributed by atoms with Gasteiger partial charge >= 0.3 is 23.1 Å². The third kappa shape index (κ3) is 42.0.